The molecule has 2 aliphatic heterocycles. The third-order valence-electron chi connectivity index (χ3n) is 3.16. The molecule has 17 heavy (non-hydrogen) atoms. The van der Waals surface area contributed by atoms with E-state index in [1.807, 2.05) is 0 Å². The molecule has 0 aliphatic carbocycles. The van der Waals surface area contributed by atoms with Gasteiger partial charge in [-0.15, -0.1) is 11.6 Å². The van der Waals surface area contributed by atoms with Crippen LogP contribution in [0.15, 0.2) is 0 Å². The SMILES string of the molecule is C1CNCCN1.CN1CCN(CCCCl)CC1. The molecule has 102 valence electrons. The fraction of sp³-hybridized carbons (Fsp3) is 1.00. The number of rotatable bonds is 3. The summed E-state index contributed by atoms with van der Waals surface area (Å²) >= 11 is 5.61. The molecule has 0 aromatic carbocycles. The molecule has 0 atom stereocenters. The van der Waals surface area contributed by atoms with E-state index in [9.17, 15) is 0 Å². The second-order valence-electron chi connectivity index (χ2n) is 4.69. The number of halogens is 1. The molecule has 5 heteroatoms. The van der Waals surface area contributed by atoms with E-state index in [2.05, 4.69) is 27.5 Å². The van der Waals surface area contributed by atoms with E-state index in [-0.39, 0.29) is 0 Å². The van der Waals surface area contributed by atoms with Crippen molar-refractivity contribution < 1.29 is 0 Å². The predicted molar refractivity (Wildman–Crippen MR) is 75.0 cm³/mol. The third-order valence-corrected chi connectivity index (χ3v) is 3.43. The first-order valence-electron chi connectivity index (χ1n) is 6.71. The van der Waals surface area contributed by atoms with Gasteiger partial charge in [-0.1, -0.05) is 0 Å². The van der Waals surface area contributed by atoms with E-state index in [0.29, 0.717) is 0 Å². The van der Waals surface area contributed by atoms with Crippen molar-refractivity contribution in [3.05, 3.63) is 0 Å². The van der Waals surface area contributed by atoms with E-state index in [1.54, 1.807) is 0 Å². The molecule has 2 fully saturated rings. The van der Waals surface area contributed by atoms with Gasteiger partial charge in [0.05, 0.1) is 0 Å². The van der Waals surface area contributed by atoms with Gasteiger partial charge in [0.2, 0.25) is 0 Å². The van der Waals surface area contributed by atoms with Crippen LogP contribution in [0.5, 0.6) is 0 Å². The third kappa shape index (κ3) is 7.95. The second-order valence-corrected chi connectivity index (χ2v) is 5.07. The summed E-state index contributed by atoms with van der Waals surface area (Å²) in [6.07, 6.45) is 1.13. The lowest BCUT2D eigenvalue weighted by molar-refractivity contribution is 0.154. The van der Waals surface area contributed by atoms with Gasteiger partial charge in [0.25, 0.3) is 0 Å². The Morgan fingerprint density at radius 2 is 1.47 bits per heavy atom. The van der Waals surface area contributed by atoms with Gasteiger partial charge >= 0.3 is 0 Å². The molecule has 4 nitrogen and oxygen atoms in total. The maximum absolute atomic E-state index is 5.61. The standard InChI is InChI=1S/C8H17ClN2.C4H10N2/c1-10-5-7-11(8-6-10)4-2-3-9;1-2-6-4-3-5-1/h2-8H2,1H3;5-6H,1-4H2. The Morgan fingerprint density at radius 3 is 1.88 bits per heavy atom. The predicted octanol–water partition coefficient (Wildman–Crippen LogP) is 0.0419. The summed E-state index contributed by atoms with van der Waals surface area (Å²) < 4.78 is 0. The van der Waals surface area contributed by atoms with Gasteiger partial charge in [-0.2, -0.15) is 0 Å². The molecule has 0 bridgehead atoms. The van der Waals surface area contributed by atoms with E-state index in [4.69, 9.17) is 11.6 Å². The van der Waals surface area contributed by atoms with Crippen LogP contribution in [-0.4, -0.2) is 81.6 Å². The molecular weight excluding hydrogens is 236 g/mol. The van der Waals surface area contributed by atoms with Crippen molar-refractivity contribution in [2.45, 2.75) is 6.42 Å². The van der Waals surface area contributed by atoms with Gasteiger partial charge < -0.3 is 20.4 Å². The Hall–Kier alpha value is 0.130. The molecule has 2 aliphatic rings. The number of nitrogens with zero attached hydrogens (tertiary/aromatic N) is 2. The van der Waals surface area contributed by atoms with Crippen molar-refractivity contribution in [3.8, 4) is 0 Å². The Bertz CT molecular complexity index is 154. The molecule has 2 N–H and O–H groups in total. The number of hydrogen-bond acceptors (Lipinski definition) is 4. The average Bonchev–Trinajstić information content (AvgIpc) is 2.41. The van der Waals surface area contributed by atoms with Crippen LogP contribution in [-0.2, 0) is 0 Å². The number of alkyl halides is 1. The van der Waals surface area contributed by atoms with Crippen molar-refractivity contribution >= 4 is 11.6 Å². The number of nitrogens with one attached hydrogen (secondary N) is 2. The molecule has 0 amide bonds. The van der Waals surface area contributed by atoms with Gasteiger partial charge in [0.15, 0.2) is 0 Å². The normalized spacial score (nSPS) is 22.9. The van der Waals surface area contributed by atoms with Crippen LogP contribution in [0.1, 0.15) is 6.42 Å². The van der Waals surface area contributed by atoms with Crippen LogP contribution in [0.3, 0.4) is 0 Å². The Labute approximate surface area is 111 Å². The summed E-state index contributed by atoms with van der Waals surface area (Å²) in [6, 6.07) is 0. The average molecular weight is 263 g/mol. The molecule has 0 unspecified atom stereocenters. The fourth-order valence-corrected chi connectivity index (χ4v) is 2.08. The summed E-state index contributed by atoms with van der Waals surface area (Å²) in [7, 11) is 2.18. The first kappa shape index (κ1) is 15.2. The number of piperazine rings is 2. The molecular formula is C12H27ClN4. The molecule has 0 radical (unpaired) electrons. The lowest BCUT2D eigenvalue weighted by atomic mass is 10.3. The number of hydrogen-bond donors (Lipinski definition) is 2. The molecule has 0 aromatic rings. The maximum Gasteiger partial charge on any atom is 0.0235 e. The zero-order valence-electron chi connectivity index (χ0n) is 11.1. The Kier molecular flexibility index (Phi) is 9.01. The van der Waals surface area contributed by atoms with Crippen LogP contribution >= 0.6 is 11.6 Å². The van der Waals surface area contributed by atoms with Crippen LogP contribution in [0.4, 0.5) is 0 Å². The fourth-order valence-electron chi connectivity index (χ4n) is 1.96. The highest BCUT2D eigenvalue weighted by molar-refractivity contribution is 6.17. The van der Waals surface area contributed by atoms with Crippen LogP contribution < -0.4 is 10.6 Å². The topological polar surface area (TPSA) is 30.5 Å². The van der Waals surface area contributed by atoms with Crippen molar-refractivity contribution in [3.63, 3.8) is 0 Å². The van der Waals surface area contributed by atoms with E-state index in [1.165, 1.54) is 32.7 Å². The van der Waals surface area contributed by atoms with Gasteiger partial charge in [-0.3, -0.25) is 0 Å². The van der Waals surface area contributed by atoms with E-state index in [0.717, 1.165) is 38.5 Å². The minimum absolute atomic E-state index is 0.798. The Balaban J connectivity index is 0.000000202. The van der Waals surface area contributed by atoms with Crippen molar-refractivity contribution in [1.82, 2.24) is 20.4 Å². The van der Waals surface area contributed by atoms with Gasteiger partial charge in [0.1, 0.15) is 0 Å². The van der Waals surface area contributed by atoms with Crippen molar-refractivity contribution in [1.29, 1.82) is 0 Å². The molecule has 0 aromatic heterocycles. The largest absolute Gasteiger partial charge is 0.314 e. The monoisotopic (exact) mass is 262 g/mol. The Morgan fingerprint density at radius 1 is 0.941 bits per heavy atom. The molecule has 0 spiro atoms. The first-order chi connectivity index (χ1) is 8.33. The highest BCUT2D eigenvalue weighted by Gasteiger charge is 2.12. The lowest BCUT2D eigenvalue weighted by Gasteiger charge is -2.32. The van der Waals surface area contributed by atoms with E-state index < -0.39 is 0 Å². The lowest BCUT2D eigenvalue weighted by Crippen LogP contribution is -2.44. The zero-order chi connectivity index (χ0) is 12.3. The summed E-state index contributed by atoms with van der Waals surface area (Å²) in [5.41, 5.74) is 0. The minimum atomic E-state index is 0.798. The van der Waals surface area contributed by atoms with Gasteiger partial charge in [0, 0.05) is 58.2 Å². The van der Waals surface area contributed by atoms with Crippen molar-refractivity contribution in [2.24, 2.45) is 0 Å². The quantitative estimate of drug-likeness (QED) is 0.704. The van der Waals surface area contributed by atoms with Crippen molar-refractivity contribution in [2.75, 3.05) is 71.8 Å². The van der Waals surface area contributed by atoms with Gasteiger partial charge in [-0.25, -0.2) is 0 Å². The molecule has 0 saturated carbocycles. The molecule has 2 saturated heterocycles. The first-order valence-corrected chi connectivity index (χ1v) is 7.24. The maximum atomic E-state index is 5.61. The summed E-state index contributed by atoms with van der Waals surface area (Å²) in [6.45, 7) is 10.6. The number of likely N-dealkylation sites (N-methyl/N-ethyl adjacent to an activating group) is 1. The summed E-state index contributed by atoms with van der Waals surface area (Å²) in [4.78, 5) is 4.86. The van der Waals surface area contributed by atoms with Crippen LogP contribution in [0, 0.1) is 0 Å². The minimum Gasteiger partial charge on any atom is -0.314 e. The van der Waals surface area contributed by atoms with Crippen LogP contribution in [0.25, 0.3) is 0 Å². The highest BCUT2D eigenvalue weighted by Crippen LogP contribution is 2.00. The van der Waals surface area contributed by atoms with Crippen LogP contribution in [0.2, 0.25) is 0 Å². The smallest absolute Gasteiger partial charge is 0.0235 e. The molecule has 2 rings (SSSR count). The zero-order valence-corrected chi connectivity index (χ0v) is 11.8. The highest BCUT2D eigenvalue weighted by atomic mass is 35.5. The second kappa shape index (κ2) is 10.1. The molecule has 2 heterocycles. The summed E-state index contributed by atoms with van der Waals surface area (Å²) in [5.74, 6) is 0.798. The summed E-state index contributed by atoms with van der Waals surface area (Å²) in [5, 5.41) is 6.44. The van der Waals surface area contributed by atoms with Gasteiger partial charge in [-0.05, 0) is 20.0 Å². The van der Waals surface area contributed by atoms with E-state index >= 15 is 0 Å².